The highest BCUT2D eigenvalue weighted by Crippen LogP contribution is 2.31. The smallest absolute Gasteiger partial charge is 0.171 e. The number of aliphatic hydroxyl groups is 1. The van der Waals surface area contributed by atoms with E-state index in [9.17, 15) is 5.11 Å². The third-order valence-corrected chi connectivity index (χ3v) is 2.86. The summed E-state index contributed by atoms with van der Waals surface area (Å²) in [7, 11) is 0. The maximum absolute atomic E-state index is 9.99. The van der Waals surface area contributed by atoms with Gasteiger partial charge < -0.3 is 14.7 Å². The molecule has 0 aliphatic carbocycles. The van der Waals surface area contributed by atoms with E-state index >= 15 is 0 Å². The van der Waals surface area contributed by atoms with Gasteiger partial charge in [-0.05, 0) is 39.3 Å². The Morgan fingerprint density at radius 3 is 2.88 bits per heavy atom. The van der Waals surface area contributed by atoms with Gasteiger partial charge in [0.1, 0.15) is 0 Å². The number of rotatable bonds is 3. The van der Waals surface area contributed by atoms with Crippen molar-refractivity contribution in [3.63, 3.8) is 0 Å². The summed E-state index contributed by atoms with van der Waals surface area (Å²) in [5, 5.41) is 9.99. The van der Waals surface area contributed by atoms with Crippen molar-refractivity contribution >= 4 is 5.82 Å². The summed E-state index contributed by atoms with van der Waals surface area (Å²) in [6.07, 6.45) is 2.65. The van der Waals surface area contributed by atoms with Gasteiger partial charge in [0.25, 0.3) is 0 Å². The minimum Gasteiger partial charge on any atom is -0.487 e. The molecule has 1 N–H and O–H groups in total. The van der Waals surface area contributed by atoms with Gasteiger partial charge in [-0.2, -0.15) is 0 Å². The van der Waals surface area contributed by atoms with Crippen molar-refractivity contribution in [2.45, 2.75) is 38.9 Å². The Hall–Kier alpha value is -1.29. The Bertz CT molecular complexity index is 391. The van der Waals surface area contributed by atoms with Crippen molar-refractivity contribution in [2.24, 2.45) is 0 Å². The third-order valence-electron chi connectivity index (χ3n) is 2.86. The summed E-state index contributed by atoms with van der Waals surface area (Å²) in [4.78, 5) is 6.45. The van der Waals surface area contributed by atoms with E-state index in [1.54, 1.807) is 6.20 Å². The molecule has 1 unspecified atom stereocenters. The van der Waals surface area contributed by atoms with E-state index in [2.05, 4.69) is 9.88 Å². The fourth-order valence-electron chi connectivity index (χ4n) is 2.09. The molecule has 4 heteroatoms. The molecule has 0 bridgehead atoms. The normalized spacial score (nSPS) is 24.4. The first-order valence-corrected chi connectivity index (χ1v) is 6.07. The van der Waals surface area contributed by atoms with Gasteiger partial charge in [-0.1, -0.05) is 0 Å². The summed E-state index contributed by atoms with van der Waals surface area (Å²) >= 11 is 0. The van der Waals surface area contributed by atoms with Crippen molar-refractivity contribution in [2.75, 3.05) is 18.0 Å². The minimum absolute atomic E-state index is 0.126. The fourth-order valence-corrected chi connectivity index (χ4v) is 2.09. The zero-order chi connectivity index (χ0) is 12.5. The number of hydrogen-bond donors (Lipinski definition) is 1. The minimum atomic E-state index is -0.618. The number of β-amino-alcohol motifs (C(OH)–C–C–N with tert-alkyl or cyclic N) is 1. The number of ether oxygens (including phenoxy) is 1. The molecule has 2 heterocycles. The highest BCUT2D eigenvalue weighted by Gasteiger charge is 2.33. The first-order chi connectivity index (χ1) is 7.98. The Morgan fingerprint density at radius 1 is 1.53 bits per heavy atom. The van der Waals surface area contributed by atoms with Crippen LogP contribution in [-0.2, 0) is 0 Å². The van der Waals surface area contributed by atoms with Crippen LogP contribution in [0.2, 0.25) is 0 Å². The van der Waals surface area contributed by atoms with E-state index in [1.165, 1.54) is 0 Å². The lowest BCUT2D eigenvalue weighted by Gasteiger charge is -2.22. The van der Waals surface area contributed by atoms with Crippen LogP contribution in [0.3, 0.4) is 0 Å². The monoisotopic (exact) mass is 236 g/mol. The largest absolute Gasteiger partial charge is 0.487 e. The second-order valence-electron chi connectivity index (χ2n) is 5.16. The first kappa shape index (κ1) is 12.2. The number of anilines is 1. The highest BCUT2D eigenvalue weighted by molar-refractivity contribution is 5.53. The van der Waals surface area contributed by atoms with Gasteiger partial charge in [0, 0.05) is 19.3 Å². The summed E-state index contributed by atoms with van der Waals surface area (Å²) < 4.78 is 5.74. The van der Waals surface area contributed by atoms with Crippen LogP contribution in [0.4, 0.5) is 5.82 Å². The van der Waals surface area contributed by atoms with E-state index in [0.29, 0.717) is 6.54 Å². The second kappa shape index (κ2) is 4.53. The number of nitrogens with zero attached hydrogens (tertiary/aromatic N) is 2. The van der Waals surface area contributed by atoms with E-state index in [4.69, 9.17) is 4.74 Å². The Labute approximate surface area is 102 Å². The Morgan fingerprint density at radius 2 is 2.29 bits per heavy atom. The van der Waals surface area contributed by atoms with Crippen LogP contribution in [-0.4, -0.2) is 34.9 Å². The molecule has 1 aliphatic heterocycles. The van der Waals surface area contributed by atoms with Gasteiger partial charge in [-0.3, -0.25) is 0 Å². The molecule has 0 amide bonds. The number of pyridine rings is 1. The van der Waals surface area contributed by atoms with Crippen LogP contribution in [0.25, 0.3) is 0 Å². The second-order valence-corrected chi connectivity index (χ2v) is 5.16. The molecule has 94 valence electrons. The van der Waals surface area contributed by atoms with Crippen LogP contribution in [0, 0.1) is 0 Å². The Balaban J connectivity index is 2.21. The van der Waals surface area contributed by atoms with Crippen LogP contribution < -0.4 is 9.64 Å². The van der Waals surface area contributed by atoms with Crippen LogP contribution in [0.15, 0.2) is 18.3 Å². The molecule has 2 rings (SSSR count). The van der Waals surface area contributed by atoms with Crippen LogP contribution >= 0.6 is 0 Å². The molecular weight excluding hydrogens is 216 g/mol. The molecule has 4 nitrogen and oxygen atoms in total. The highest BCUT2D eigenvalue weighted by atomic mass is 16.5. The lowest BCUT2D eigenvalue weighted by Crippen LogP contribution is -2.30. The van der Waals surface area contributed by atoms with E-state index in [1.807, 2.05) is 32.9 Å². The number of aromatic nitrogens is 1. The topological polar surface area (TPSA) is 45.6 Å². The first-order valence-electron chi connectivity index (χ1n) is 6.07. The lowest BCUT2D eigenvalue weighted by atomic mass is 10.1. The number of hydrogen-bond acceptors (Lipinski definition) is 4. The van der Waals surface area contributed by atoms with Crippen molar-refractivity contribution in [1.82, 2.24) is 4.98 Å². The molecule has 0 saturated carbocycles. The van der Waals surface area contributed by atoms with E-state index < -0.39 is 5.60 Å². The molecule has 1 aliphatic rings. The molecule has 0 spiro atoms. The Kier molecular flexibility index (Phi) is 3.24. The van der Waals surface area contributed by atoms with Gasteiger partial charge >= 0.3 is 0 Å². The van der Waals surface area contributed by atoms with Crippen molar-refractivity contribution < 1.29 is 9.84 Å². The van der Waals surface area contributed by atoms with Gasteiger partial charge in [-0.25, -0.2) is 4.98 Å². The summed E-state index contributed by atoms with van der Waals surface area (Å²) in [5.74, 6) is 1.62. The molecule has 1 aromatic rings. The quantitative estimate of drug-likeness (QED) is 0.869. The van der Waals surface area contributed by atoms with Crippen LogP contribution in [0.1, 0.15) is 27.2 Å². The molecule has 17 heavy (non-hydrogen) atoms. The predicted molar refractivity (Wildman–Crippen MR) is 67.5 cm³/mol. The average molecular weight is 236 g/mol. The van der Waals surface area contributed by atoms with Gasteiger partial charge in [0.2, 0.25) is 0 Å². The maximum atomic E-state index is 9.99. The van der Waals surface area contributed by atoms with Crippen LogP contribution in [0.5, 0.6) is 5.75 Å². The lowest BCUT2D eigenvalue weighted by molar-refractivity contribution is 0.0838. The van der Waals surface area contributed by atoms with Gasteiger partial charge in [0.05, 0.1) is 11.7 Å². The van der Waals surface area contributed by atoms with E-state index in [0.717, 1.165) is 24.5 Å². The molecule has 1 aromatic heterocycles. The van der Waals surface area contributed by atoms with Gasteiger partial charge in [-0.15, -0.1) is 0 Å². The molecule has 1 fully saturated rings. The fraction of sp³-hybridized carbons (Fsp3) is 0.615. The molecular formula is C13H20N2O2. The van der Waals surface area contributed by atoms with Crippen molar-refractivity contribution in [3.05, 3.63) is 18.3 Å². The predicted octanol–water partition coefficient (Wildman–Crippen LogP) is 1.83. The molecule has 0 radical (unpaired) electrons. The molecule has 1 saturated heterocycles. The molecule has 0 aromatic carbocycles. The SMILES string of the molecule is CC(C)Oc1cccnc1N1CCC(C)(O)C1. The van der Waals surface area contributed by atoms with Crippen molar-refractivity contribution in [1.29, 1.82) is 0 Å². The maximum Gasteiger partial charge on any atom is 0.171 e. The summed E-state index contributed by atoms with van der Waals surface area (Å²) in [6, 6.07) is 3.80. The zero-order valence-electron chi connectivity index (χ0n) is 10.7. The molecule has 1 atom stereocenters. The third kappa shape index (κ3) is 2.88. The van der Waals surface area contributed by atoms with E-state index in [-0.39, 0.29) is 6.10 Å². The zero-order valence-corrected chi connectivity index (χ0v) is 10.7. The average Bonchev–Trinajstić information content (AvgIpc) is 2.59. The summed E-state index contributed by atoms with van der Waals surface area (Å²) in [6.45, 7) is 7.28. The van der Waals surface area contributed by atoms with Gasteiger partial charge in [0.15, 0.2) is 11.6 Å². The van der Waals surface area contributed by atoms with Crippen molar-refractivity contribution in [3.8, 4) is 5.75 Å². The standard InChI is InChI=1S/C13H20N2O2/c1-10(2)17-11-5-4-7-14-12(11)15-8-6-13(3,16)9-15/h4-5,7,10,16H,6,8-9H2,1-3H3. The summed E-state index contributed by atoms with van der Waals surface area (Å²) in [5.41, 5.74) is -0.618.